The van der Waals surface area contributed by atoms with Crippen LogP contribution in [0.2, 0.25) is 0 Å². The van der Waals surface area contributed by atoms with Crippen molar-refractivity contribution in [2.45, 2.75) is 39.2 Å². The second-order valence-electron chi connectivity index (χ2n) is 8.08. The van der Waals surface area contributed by atoms with Crippen molar-refractivity contribution in [2.24, 2.45) is 10.7 Å². The number of guanidine groups is 1. The first kappa shape index (κ1) is 19.8. The molecule has 0 fully saturated rings. The first-order valence-electron chi connectivity index (χ1n) is 9.78. The molecule has 0 saturated carbocycles. The Morgan fingerprint density at radius 3 is 2.77 bits per heavy atom. The summed E-state index contributed by atoms with van der Waals surface area (Å²) in [5.74, 6) is 0.301. The van der Waals surface area contributed by atoms with Crippen molar-refractivity contribution < 1.29 is 14.0 Å². The minimum atomic E-state index is -0.862. The van der Waals surface area contributed by atoms with E-state index in [2.05, 4.69) is 9.98 Å². The van der Waals surface area contributed by atoms with Crippen LogP contribution in [0.3, 0.4) is 0 Å². The van der Waals surface area contributed by atoms with E-state index in [1.807, 2.05) is 45.0 Å². The Balaban J connectivity index is 1.63. The number of aryl methyl sites for hydroxylation is 2. The number of fused-ring (bicyclic) bond motifs is 1. The Kier molecular flexibility index (Phi) is 4.68. The van der Waals surface area contributed by atoms with E-state index >= 15 is 0 Å². The van der Waals surface area contributed by atoms with Crippen LogP contribution >= 0.6 is 0 Å². The van der Waals surface area contributed by atoms with Crippen LogP contribution in [0.25, 0.3) is 11.0 Å². The van der Waals surface area contributed by atoms with Gasteiger partial charge in [0.25, 0.3) is 0 Å². The van der Waals surface area contributed by atoms with Gasteiger partial charge in [0, 0.05) is 30.6 Å². The molecule has 0 aliphatic carbocycles. The topological polar surface area (TPSA) is 102 Å². The number of furan rings is 1. The van der Waals surface area contributed by atoms with Crippen molar-refractivity contribution in [3.8, 4) is 0 Å². The number of aliphatic imine (C=N–C) groups is 1. The molecule has 2 N–H and O–H groups in total. The van der Waals surface area contributed by atoms with Gasteiger partial charge in [-0.2, -0.15) is 0 Å². The number of nitrogens with zero attached hydrogens (tertiary/aromatic N) is 3. The minimum Gasteiger partial charge on any atom is -0.453 e. The number of hydrogen-bond donors (Lipinski definition) is 1. The highest BCUT2D eigenvalue weighted by Gasteiger charge is 2.37. The van der Waals surface area contributed by atoms with Crippen LogP contribution in [0.1, 0.15) is 46.3 Å². The normalized spacial score (nSPS) is 19.3. The highest BCUT2D eigenvalue weighted by atomic mass is 16.3. The quantitative estimate of drug-likeness (QED) is 0.673. The lowest BCUT2D eigenvalue weighted by Gasteiger charge is -2.32. The van der Waals surface area contributed by atoms with E-state index < -0.39 is 5.54 Å². The molecule has 1 amide bonds. The number of carbonyl (C=O) groups excluding carboxylic acids is 2. The minimum absolute atomic E-state index is 0.105. The van der Waals surface area contributed by atoms with Gasteiger partial charge in [0.15, 0.2) is 11.7 Å². The van der Waals surface area contributed by atoms with Crippen molar-refractivity contribution in [1.82, 2.24) is 9.88 Å². The number of benzene rings is 1. The summed E-state index contributed by atoms with van der Waals surface area (Å²) in [7, 11) is 1.60. The van der Waals surface area contributed by atoms with E-state index in [0.717, 1.165) is 22.1 Å². The van der Waals surface area contributed by atoms with E-state index in [0.29, 0.717) is 17.0 Å². The molecule has 7 heteroatoms. The van der Waals surface area contributed by atoms with Crippen LogP contribution in [0.5, 0.6) is 0 Å². The third-order valence-corrected chi connectivity index (χ3v) is 5.66. The first-order chi connectivity index (χ1) is 14.2. The Morgan fingerprint density at radius 2 is 2.03 bits per heavy atom. The number of hydrogen-bond acceptors (Lipinski definition) is 6. The monoisotopic (exact) mass is 404 g/mol. The third kappa shape index (κ3) is 3.36. The molecule has 4 rings (SSSR count). The van der Waals surface area contributed by atoms with E-state index in [1.54, 1.807) is 19.3 Å². The highest BCUT2D eigenvalue weighted by molar-refractivity contribution is 6.01. The van der Waals surface area contributed by atoms with Gasteiger partial charge in [0.1, 0.15) is 11.1 Å². The van der Waals surface area contributed by atoms with E-state index in [4.69, 9.17) is 10.2 Å². The van der Waals surface area contributed by atoms with Crippen LogP contribution in [-0.2, 0) is 16.8 Å². The smallest absolute Gasteiger partial charge is 0.231 e. The maximum atomic E-state index is 13.0. The number of carbonyl (C=O) groups is 2. The molecule has 1 aromatic carbocycles. The van der Waals surface area contributed by atoms with Crippen LogP contribution < -0.4 is 5.73 Å². The summed E-state index contributed by atoms with van der Waals surface area (Å²) in [6, 6.07) is 9.48. The lowest BCUT2D eigenvalue weighted by Crippen LogP contribution is -2.47. The number of rotatable bonds is 4. The zero-order chi connectivity index (χ0) is 21.6. The van der Waals surface area contributed by atoms with Crippen molar-refractivity contribution in [3.63, 3.8) is 0 Å². The fourth-order valence-electron chi connectivity index (χ4n) is 3.80. The molecule has 2 aromatic heterocycles. The van der Waals surface area contributed by atoms with Gasteiger partial charge in [-0.15, -0.1) is 0 Å². The van der Waals surface area contributed by atoms with E-state index in [1.165, 1.54) is 4.90 Å². The molecule has 0 bridgehead atoms. The SMILES string of the molecule is Cc1ccc2oc(C(=O)Cc3ccnc(C4(C)CC(=O)N(C)C(N)=N4)c3)c(C)c2c1. The number of nitrogens with two attached hydrogens (primary N) is 1. The maximum absolute atomic E-state index is 13.0. The Hall–Kier alpha value is -3.48. The molecule has 3 aromatic rings. The maximum Gasteiger partial charge on any atom is 0.231 e. The van der Waals surface area contributed by atoms with Gasteiger partial charge in [-0.05, 0) is 50.6 Å². The number of Topliss-reactive ketones (excluding diaryl/α,β-unsaturated/α-hetero) is 1. The third-order valence-electron chi connectivity index (χ3n) is 5.66. The van der Waals surface area contributed by atoms with Crippen LogP contribution in [0, 0.1) is 13.8 Å². The zero-order valence-corrected chi connectivity index (χ0v) is 17.5. The van der Waals surface area contributed by atoms with Crippen LogP contribution in [0.4, 0.5) is 0 Å². The lowest BCUT2D eigenvalue weighted by molar-refractivity contribution is -0.128. The zero-order valence-electron chi connectivity index (χ0n) is 17.5. The van der Waals surface area contributed by atoms with Gasteiger partial charge in [-0.1, -0.05) is 11.6 Å². The van der Waals surface area contributed by atoms with Crippen molar-refractivity contribution >= 4 is 28.6 Å². The predicted molar refractivity (Wildman–Crippen MR) is 114 cm³/mol. The second kappa shape index (κ2) is 7.09. The summed E-state index contributed by atoms with van der Waals surface area (Å²) in [6.45, 7) is 5.74. The molecule has 7 nitrogen and oxygen atoms in total. The molecular formula is C23H24N4O3. The molecule has 0 saturated heterocycles. The van der Waals surface area contributed by atoms with Crippen LogP contribution in [-0.4, -0.2) is 34.6 Å². The summed E-state index contributed by atoms with van der Waals surface area (Å²) < 4.78 is 5.84. The summed E-state index contributed by atoms with van der Waals surface area (Å²) in [5, 5.41) is 0.955. The average molecular weight is 404 g/mol. The van der Waals surface area contributed by atoms with Gasteiger partial charge in [0.05, 0.1) is 12.1 Å². The van der Waals surface area contributed by atoms with E-state index in [-0.39, 0.29) is 30.5 Å². The van der Waals surface area contributed by atoms with E-state index in [9.17, 15) is 9.59 Å². The number of aromatic nitrogens is 1. The molecule has 1 atom stereocenters. The molecular weight excluding hydrogens is 380 g/mol. The van der Waals surface area contributed by atoms with Crippen molar-refractivity contribution in [1.29, 1.82) is 0 Å². The van der Waals surface area contributed by atoms with Gasteiger partial charge < -0.3 is 10.2 Å². The Labute approximate surface area is 174 Å². The summed E-state index contributed by atoms with van der Waals surface area (Å²) in [5.41, 5.74) is 9.09. The molecule has 0 radical (unpaired) electrons. The van der Waals surface area contributed by atoms with Gasteiger partial charge in [-0.3, -0.25) is 19.5 Å². The fraction of sp³-hybridized carbons (Fsp3) is 0.304. The summed E-state index contributed by atoms with van der Waals surface area (Å²) >= 11 is 0. The number of pyridine rings is 1. The number of ketones is 1. The standard InChI is InChI=1S/C23H24N4O3/c1-13-5-6-18-16(9-13)14(2)21(30-18)17(28)10-15-7-8-25-19(11-15)23(3)12-20(29)27(4)22(24)26-23/h5-9,11H,10,12H2,1-4H3,(H2,24,26). The average Bonchev–Trinajstić information content (AvgIpc) is 3.02. The Bertz CT molecular complexity index is 1210. The van der Waals surface area contributed by atoms with Gasteiger partial charge >= 0.3 is 0 Å². The largest absolute Gasteiger partial charge is 0.453 e. The number of amides is 1. The van der Waals surface area contributed by atoms with Crippen molar-refractivity contribution in [3.05, 3.63) is 64.7 Å². The predicted octanol–water partition coefficient (Wildman–Crippen LogP) is 3.26. The van der Waals surface area contributed by atoms with Crippen molar-refractivity contribution in [2.75, 3.05) is 7.05 Å². The molecule has 1 aliphatic rings. The lowest BCUT2D eigenvalue weighted by atomic mass is 9.90. The highest BCUT2D eigenvalue weighted by Crippen LogP contribution is 2.32. The van der Waals surface area contributed by atoms with Gasteiger partial charge in [-0.25, -0.2) is 4.99 Å². The Morgan fingerprint density at radius 1 is 1.27 bits per heavy atom. The molecule has 154 valence electrons. The van der Waals surface area contributed by atoms with Crippen LogP contribution in [0.15, 0.2) is 45.9 Å². The molecule has 0 spiro atoms. The molecule has 3 heterocycles. The fourth-order valence-corrected chi connectivity index (χ4v) is 3.80. The first-order valence-corrected chi connectivity index (χ1v) is 9.78. The summed E-state index contributed by atoms with van der Waals surface area (Å²) in [6.07, 6.45) is 1.96. The second-order valence-corrected chi connectivity index (χ2v) is 8.08. The molecule has 1 aliphatic heterocycles. The molecule has 30 heavy (non-hydrogen) atoms. The molecule has 1 unspecified atom stereocenters. The summed E-state index contributed by atoms with van der Waals surface area (Å²) in [4.78, 5) is 35.5. The van der Waals surface area contributed by atoms with Gasteiger partial charge in [0.2, 0.25) is 11.7 Å².